The predicted octanol–water partition coefficient (Wildman–Crippen LogP) is 3.35. The Bertz CT molecular complexity index is 658. The Hall–Kier alpha value is -0.690. The van der Waals surface area contributed by atoms with E-state index in [1.807, 2.05) is 0 Å². The van der Waals surface area contributed by atoms with Crippen molar-refractivity contribution < 1.29 is 25.0 Å². The molecule has 0 radical (unpaired) electrons. The molecule has 172 valence electrons. The molecule has 30 heavy (non-hydrogen) atoms. The third kappa shape index (κ3) is 3.33. The first-order valence-corrected chi connectivity index (χ1v) is 12.1. The van der Waals surface area contributed by atoms with Crippen LogP contribution in [0.4, 0.5) is 0 Å². The van der Waals surface area contributed by atoms with Gasteiger partial charge < -0.3 is 20.2 Å². The van der Waals surface area contributed by atoms with Crippen LogP contribution in [0.1, 0.15) is 78.6 Å². The number of aliphatic hydroxyl groups excluding tert-OH is 2. The Balaban J connectivity index is 1.64. The van der Waals surface area contributed by atoms with Gasteiger partial charge in [-0.1, -0.05) is 20.8 Å². The lowest BCUT2D eigenvalue weighted by Gasteiger charge is -2.63. The van der Waals surface area contributed by atoms with Crippen molar-refractivity contribution in [1.82, 2.24) is 0 Å². The van der Waals surface area contributed by atoms with E-state index in [0.717, 1.165) is 44.9 Å². The predicted molar refractivity (Wildman–Crippen MR) is 113 cm³/mol. The monoisotopic (exact) mass is 423 g/mol. The summed E-state index contributed by atoms with van der Waals surface area (Å²) in [5, 5.41) is 30.7. The zero-order chi connectivity index (χ0) is 21.8. The summed E-state index contributed by atoms with van der Waals surface area (Å²) in [6.45, 7) is 6.86. The fourth-order valence-corrected chi connectivity index (χ4v) is 8.86. The van der Waals surface area contributed by atoms with E-state index in [9.17, 15) is 15.0 Å². The van der Waals surface area contributed by atoms with Crippen LogP contribution in [-0.4, -0.2) is 39.6 Å². The maximum atomic E-state index is 11.3. The molecule has 0 aliphatic heterocycles. The van der Waals surface area contributed by atoms with Gasteiger partial charge in [-0.05, 0) is 92.3 Å². The molecule has 6 nitrogen and oxygen atoms in total. The van der Waals surface area contributed by atoms with E-state index in [1.54, 1.807) is 0 Å². The molecule has 4 saturated carbocycles. The SMILES string of the molecule is CC(CCC(=O)O)C1CCC2C3C(O)CC4CC(O)CCC4(C)C3CC(ON)C12C. The summed E-state index contributed by atoms with van der Waals surface area (Å²) in [5.41, 5.74) is -0.0135. The van der Waals surface area contributed by atoms with Crippen LogP contribution in [0.2, 0.25) is 0 Å². The molecule has 4 rings (SSSR count). The third-order valence-corrected chi connectivity index (χ3v) is 10.5. The minimum atomic E-state index is -0.738. The molecule has 6 heteroatoms. The van der Waals surface area contributed by atoms with Crippen LogP contribution in [-0.2, 0) is 9.63 Å². The molecule has 0 bridgehead atoms. The summed E-state index contributed by atoms with van der Waals surface area (Å²) >= 11 is 0. The van der Waals surface area contributed by atoms with Crippen molar-refractivity contribution in [3.63, 3.8) is 0 Å². The van der Waals surface area contributed by atoms with E-state index in [1.165, 1.54) is 0 Å². The van der Waals surface area contributed by atoms with Crippen molar-refractivity contribution in [2.24, 2.45) is 52.2 Å². The second-order valence-electron chi connectivity index (χ2n) is 11.5. The van der Waals surface area contributed by atoms with Gasteiger partial charge in [0.2, 0.25) is 0 Å². The quantitative estimate of drug-likeness (QED) is 0.505. The van der Waals surface area contributed by atoms with Gasteiger partial charge in [0.25, 0.3) is 0 Å². The fraction of sp³-hybridized carbons (Fsp3) is 0.958. The van der Waals surface area contributed by atoms with Gasteiger partial charge in [0.05, 0.1) is 18.3 Å². The highest BCUT2D eigenvalue weighted by atomic mass is 16.6. The number of carbonyl (C=O) groups is 1. The first-order valence-electron chi connectivity index (χ1n) is 12.1. The van der Waals surface area contributed by atoms with E-state index in [2.05, 4.69) is 20.8 Å². The van der Waals surface area contributed by atoms with Crippen molar-refractivity contribution in [1.29, 1.82) is 0 Å². The van der Waals surface area contributed by atoms with Gasteiger partial charge in [-0.15, -0.1) is 0 Å². The molecular formula is C24H41NO5. The van der Waals surface area contributed by atoms with Crippen LogP contribution in [0.5, 0.6) is 0 Å². The number of carboxylic acids is 1. The molecule has 0 saturated heterocycles. The molecular weight excluding hydrogens is 382 g/mol. The average molecular weight is 424 g/mol. The summed E-state index contributed by atoms with van der Waals surface area (Å²) < 4.78 is 0. The van der Waals surface area contributed by atoms with E-state index < -0.39 is 5.97 Å². The highest BCUT2D eigenvalue weighted by Crippen LogP contribution is 2.68. The average Bonchev–Trinajstić information content (AvgIpc) is 3.04. The van der Waals surface area contributed by atoms with Crippen molar-refractivity contribution in [3.8, 4) is 0 Å². The van der Waals surface area contributed by atoms with Gasteiger partial charge in [0.15, 0.2) is 0 Å². The van der Waals surface area contributed by atoms with Crippen LogP contribution in [0, 0.1) is 46.3 Å². The summed E-state index contributed by atoms with van der Waals surface area (Å²) in [5.74, 6) is 7.15. The number of aliphatic hydroxyl groups is 2. The molecule has 0 spiro atoms. The summed E-state index contributed by atoms with van der Waals surface area (Å²) in [6, 6.07) is 0. The lowest BCUT2D eigenvalue weighted by molar-refractivity contribution is -0.218. The molecule has 4 aliphatic rings. The molecule has 0 aromatic carbocycles. The number of fused-ring (bicyclic) bond motifs is 5. The first-order chi connectivity index (χ1) is 14.1. The Kier molecular flexibility index (Phi) is 6.02. The zero-order valence-electron chi connectivity index (χ0n) is 18.8. The summed E-state index contributed by atoms with van der Waals surface area (Å²) in [6.07, 6.45) is 6.62. The Morgan fingerprint density at radius 1 is 1.13 bits per heavy atom. The lowest BCUT2D eigenvalue weighted by atomic mass is 9.43. The Morgan fingerprint density at radius 2 is 1.87 bits per heavy atom. The number of nitrogens with two attached hydrogens (primary N) is 1. The maximum absolute atomic E-state index is 11.3. The lowest BCUT2D eigenvalue weighted by Crippen LogP contribution is -2.63. The van der Waals surface area contributed by atoms with E-state index in [-0.39, 0.29) is 41.5 Å². The third-order valence-electron chi connectivity index (χ3n) is 10.5. The summed E-state index contributed by atoms with van der Waals surface area (Å²) in [7, 11) is 0. The van der Waals surface area contributed by atoms with E-state index in [0.29, 0.717) is 36.0 Å². The molecule has 4 fully saturated rings. The van der Waals surface area contributed by atoms with Gasteiger partial charge in [0, 0.05) is 11.8 Å². The Morgan fingerprint density at radius 3 is 2.53 bits per heavy atom. The number of carboxylic acid groups (broad SMARTS) is 1. The van der Waals surface area contributed by atoms with Crippen molar-refractivity contribution in [3.05, 3.63) is 0 Å². The van der Waals surface area contributed by atoms with Crippen LogP contribution >= 0.6 is 0 Å². The number of hydrogen-bond donors (Lipinski definition) is 4. The minimum Gasteiger partial charge on any atom is -0.481 e. The molecule has 0 aromatic heterocycles. The smallest absolute Gasteiger partial charge is 0.303 e. The topological polar surface area (TPSA) is 113 Å². The second-order valence-corrected chi connectivity index (χ2v) is 11.5. The standard InChI is InChI=1S/C24H41NO5/c1-13(4-7-21(28)29)16-5-6-17-22-18(12-20(30-25)24(16,17)3)23(2)9-8-15(26)10-14(23)11-19(22)27/h13-20,22,26-27H,4-12,25H2,1-3H3,(H,28,29). The molecule has 11 atom stereocenters. The second kappa shape index (κ2) is 8.02. The first kappa shape index (κ1) is 22.5. The molecule has 0 heterocycles. The van der Waals surface area contributed by atoms with Crippen LogP contribution < -0.4 is 5.90 Å². The van der Waals surface area contributed by atoms with Crippen molar-refractivity contribution in [2.45, 2.75) is 96.9 Å². The highest BCUT2D eigenvalue weighted by Gasteiger charge is 2.66. The fourth-order valence-electron chi connectivity index (χ4n) is 8.86. The number of aliphatic carboxylic acids is 1. The van der Waals surface area contributed by atoms with Gasteiger partial charge in [-0.25, -0.2) is 5.90 Å². The normalized spacial score (nSPS) is 51.5. The number of rotatable bonds is 5. The van der Waals surface area contributed by atoms with E-state index >= 15 is 0 Å². The van der Waals surface area contributed by atoms with Crippen molar-refractivity contribution >= 4 is 5.97 Å². The molecule has 0 amide bonds. The van der Waals surface area contributed by atoms with Gasteiger partial charge >= 0.3 is 5.97 Å². The largest absolute Gasteiger partial charge is 0.481 e. The Labute approximate surface area is 180 Å². The minimum absolute atomic E-state index is 0.0712. The molecule has 11 unspecified atom stereocenters. The van der Waals surface area contributed by atoms with Gasteiger partial charge in [-0.3, -0.25) is 4.79 Å². The van der Waals surface area contributed by atoms with Gasteiger partial charge in [0.1, 0.15) is 0 Å². The highest BCUT2D eigenvalue weighted by molar-refractivity contribution is 5.66. The van der Waals surface area contributed by atoms with Crippen LogP contribution in [0.3, 0.4) is 0 Å². The molecule has 5 N–H and O–H groups in total. The van der Waals surface area contributed by atoms with Gasteiger partial charge in [-0.2, -0.15) is 0 Å². The zero-order valence-corrected chi connectivity index (χ0v) is 18.8. The molecule has 4 aliphatic carbocycles. The number of hydrogen-bond acceptors (Lipinski definition) is 5. The van der Waals surface area contributed by atoms with E-state index in [4.69, 9.17) is 15.8 Å². The molecule has 0 aromatic rings. The van der Waals surface area contributed by atoms with Crippen LogP contribution in [0.15, 0.2) is 0 Å². The van der Waals surface area contributed by atoms with Crippen molar-refractivity contribution in [2.75, 3.05) is 0 Å². The maximum Gasteiger partial charge on any atom is 0.303 e. The van der Waals surface area contributed by atoms with Crippen LogP contribution in [0.25, 0.3) is 0 Å². The summed E-state index contributed by atoms with van der Waals surface area (Å²) in [4.78, 5) is 16.8.